The molecular weight excluding hydrogens is 301 g/mol. The van der Waals surface area contributed by atoms with Crippen LogP contribution in [0, 0.1) is 5.82 Å². The van der Waals surface area contributed by atoms with Crippen LogP contribution < -0.4 is 11.1 Å². The van der Waals surface area contributed by atoms with E-state index in [1.54, 1.807) is 6.07 Å². The standard InChI is InChI=1S/C13H9ClFN3OS/c14-9-3-2-8(15)5-11(9)18-13(19)10-4-1-7(6-17-10)12(16)20/h1-6H,(H2,16,20)(H,18,19). The van der Waals surface area contributed by atoms with Gasteiger partial charge in [-0.2, -0.15) is 0 Å². The molecule has 1 aromatic heterocycles. The van der Waals surface area contributed by atoms with E-state index in [1.165, 1.54) is 24.4 Å². The van der Waals surface area contributed by atoms with E-state index in [2.05, 4.69) is 10.3 Å². The normalized spacial score (nSPS) is 10.1. The molecule has 0 bridgehead atoms. The first-order valence-electron chi connectivity index (χ1n) is 5.49. The number of halogens is 2. The van der Waals surface area contributed by atoms with Crippen molar-refractivity contribution in [2.75, 3.05) is 5.32 Å². The fourth-order valence-electron chi connectivity index (χ4n) is 1.45. The molecule has 7 heteroatoms. The summed E-state index contributed by atoms with van der Waals surface area (Å²) >= 11 is 10.6. The Kier molecular flexibility index (Phi) is 4.26. The monoisotopic (exact) mass is 309 g/mol. The van der Waals surface area contributed by atoms with Crippen molar-refractivity contribution in [3.05, 3.63) is 58.6 Å². The van der Waals surface area contributed by atoms with Crippen molar-refractivity contribution in [2.45, 2.75) is 0 Å². The second-order valence-electron chi connectivity index (χ2n) is 3.87. The average molecular weight is 310 g/mol. The molecule has 20 heavy (non-hydrogen) atoms. The van der Waals surface area contributed by atoms with Crippen molar-refractivity contribution in [1.82, 2.24) is 4.98 Å². The quantitative estimate of drug-likeness (QED) is 0.856. The lowest BCUT2D eigenvalue weighted by molar-refractivity contribution is 0.102. The first-order chi connectivity index (χ1) is 9.47. The van der Waals surface area contributed by atoms with Crippen LogP contribution in [0.25, 0.3) is 0 Å². The highest BCUT2D eigenvalue weighted by Gasteiger charge is 2.11. The number of aromatic nitrogens is 1. The number of carbonyl (C=O) groups is 1. The molecule has 2 rings (SSSR count). The molecule has 0 spiro atoms. The van der Waals surface area contributed by atoms with Crippen LogP contribution in [0.3, 0.4) is 0 Å². The van der Waals surface area contributed by atoms with Gasteiger partial charge in [-0.15, -0.1) is 0 Å². The largest absolute Gasteiger partial charge is 0.389 e. The molecule has 4 nitrogen and oxygen atoms in total. The highest BCUT2D eigenvalue weighted by molar-refractivity contribution is 7.80. The van der Waals surface area contributed by atoms with Crippen molar-refractivity contribution >= 4 is 40.4 Å². The first-order valence-corrected chi connectivity index (χ1v) is 6.28. The lowest BCUT2D eigenvalue weighted by atomic mass is 10.2. The third-order valence-electron chi connectivity index (χ3n) is 2.46. The second-order valence-corrected chi connectivity index (χ2v) is 4.72. The van der Waals surface area contributed by atoms with Crippen molar-refractivity contribution in [3.8, 4) is 0 Å². The van der Waals surface area contributed by atoms with Gasteiger partial charge >= 0.3 is 0 Å². The van der Waals surface area contributed by atoms with E-state index >= 15 is 0 Å². The number of hydrogen-bond acceptors (Lipinski definition) is 3. The summed E-state index contributed by atoms with van der Waals surface area (Å²) < 4.78 is 13.1. The van der Waals surface area contributed by atoms with E-state index < -0.39 is 11.7 Å². The van der Waals surface area contributed by atoms with Gasteiger partial charge in [0, 0.05) is 11.8 Å². The number of pyridine rings is 1. The predicted octanol–water partition coefficient (Wildman–Crippen LogP) is 2.76. The van der Waals surface area contributed by atoms with Gasteiger partial charge in [0.15, 0.2) is 0 Å². The zero-order valence-corrected chi connectivity index (χ0v) is 11.6. The SMILES string of the molecule is NC(=S)c1ccc(C(=O)Nc2cc(F)ccc2Cl)nc1. The van der Waals surface area contributed by atoms with Gasteiger partial charge in [0.2, 0.25) is 0 Å². The third-order valence-corrected chi connectivity index (χ3v) is 3.02. The zero-order chi connectivity index (χ0) is 14.7. The number of nitrogens with two attached hydrogens (primary N) is 1. The van der Waals surface area contributed by atoms with Crippen LogP contribution in [0.15, 0.2) is 36.5 Å². The number of thiocarbonyl (C=S) groups is 1. The van der Waals surface area contributed by atoms with E-state index in [1.807, 2.05) is 0 Å². The van der Waals surface area contributed by atoms with Crippen molar-refractivity contribution in [2.24, 2.45) is 5.73 Å². The van der Waals surface area contributed by atoms with Gasteiger partial charge in [-0.3, -0.25) is 9.78 Å². The maximum atomic E-state index is 13.1. The number of benzene rings is 1. The Morgan fingerprint density at radius 2 is 2.10 bits per heavy atom. The number of hydrogen-bond donors (Lipinski definition) is 2. The fraction of sp³-hybridized carbons (Fsp3) is 0. The van der Waals surface area contributed by atoms with Gasteiger partial charge in [-0.05, 0) is 30.3 Å². The molecule has 0 atom stereocenters. The highest BCUT2D eigenvalue weighted by atomic mass is 35.5. The van der Waals surface area contributed by atoms with Crippen LogP contribution in [-0.4, -0.2) is 15.9 Å². The summed E-state index contributed by atoms with van der Waals surface area (Å²) in [6.07, 6.45) is 1.39. The van der Waals surface area contributed by atoms with Crippen LogP contribution in [0.4, 0.5) is 10.1 Å². The van der Waals surface area contributed by atoms with Gasteiger partial charge in [0.25, 0.3) is 5.91 Å². The van der Waals surface area contributed by atoms with Crippen LogP contribution >= 0.6 is 23.8 Å². The predicted molar refractivity (Wildman–Crippen MR) is 79.5 cm³/mol. The summed E-state index contributed by atoms with van der Waals surface area (Å²) in [6.45, 7) is 0. The Morgan fingerprint density at radius 1 is 1.35 bits per heavy atom. The molecular formula is C13H9ClFN3OS. The molecule has 0 saturated heterocycles. The van der Waals surface area contributed by atoms with Gasteiger partial charge in [0.05, 0.1) is 10.7 Å². The van der Waals surface area contributed by atoms with E-state index in [9.17, 15) is 9.18 Å². The minimum absolute atomic E-state index is 0.144. The van der Waals surface area contributed by atoms with Crippen LogP contribution in [-0.2, 0) is 0 Å². The van der Waals surface area contributed by atoms with Crippen LogP contribution in [0.5, 0.6) is 0 Å². The summed E-state index contributed by atoms with van der Waals surface area (Å²) in [5.41, 5.74) is 6.31. The summed E-state index contributed by atoms with van der Waals surface area (Å²) in [7, 11) is 0. The maximum Gasteiger partial charge on any atom is 0.274 e. The zero-order valence-electron chi connectivity index (χ0n) is 10.1. The van der Waals surface area contributed by atoms with Crippen LogP contribution in [0.1, 0.15) is 16.1 Å². The number of anilines is 1. The summed E-state index contributed by atoms with van der Waals surface area (Å²) in [6, 6.07) is 6.74. The van der Waals surface area contributed by atoms with Gasteiger partial charge in [-0.25, -0.2) is 4.39 Å². The van der Waals surface area contributed by atoms with Crippen molar-refractivity contribution < 1.29 is 9.18 Å². The number of rotatable bonds is 3. The van der Waals surface area contributed by atoms with Gasteiger partial charge < -0.3 is 11.1 Å². The van der Waals surface area contributed by atoms with Crippen LogP contribution in [0.2, 0.25) is 5.02 Å². The van der Waals surface area contributed by atoms with Gasteiger partial charge in [-0.1, -0.05) is 23.8 Å². The third kappa shape index (κ3) is 3.28. The molecule has 0 fully saturated rings. The molecule has 0 aliphatic rings. The van der Waals surface area contributed by atoms with E-state index in [4.69, 9.17) is 29.6 Å². The van der Waals surface area contributed by atoms with E-state index in [0.717, 1.165) is 6.07 Å². The fourth-order valence-corrected chi connectivity index (χ4v) is 1.74. The van der Waals surface area contributed by atoms with Crippen molar-refractivity contribution in [1.29, 1.82) is 0 Å². The Hall–Kier alpha value is -2.05. The molecule has 1 amide bonds. The molecule has 1 aromatic carbocycles. The highest BCUT2D eigenvalue weighted by Crippen LogP contribution is 2.22. The molecule has 0 saturated carbocycles. The lowest BCUT2D eigenvalue weighted by Gasteiger charge is -2.07. The van der Waals surface area contributed by atoms with Crippen molar-refractivity contribution in [3.63, 3.8) is 0 Å². The smallest absolute Gasteiger partial charge is 0.274 e. The number of amides is 1. The summed E-state index contributed by atoms with van der Waals surface area (Å²) in [5.74, 6) is -1.01. The minimum Gasteiger partial charge on any atom is -0.389 e. The van der Waals surface area contributed by atoms with E-state index in [0.29, 0.717) is 5.56 Å². The minimum atomic E-state index is -0.507. The molecule has 2 aromatic rings. The van der Waals surface area contributed by atoms with E-state index in [-0.39, 0.29) is 21.4 Å². The molecule has 0 radical (unpaired) electrons. The Labute approximate surface area is 124 Å². The molecule has 1 heterocycles. The number of carbonyl (C=O) groups excluding carboxylic acids is 1. The summed E-state index contributed by atoms with van der Waals surface area (Å²) in [4.78, 5) is 16.1. The first kappa shape index (κ1) is 14.4. The topological polar surface area (TPSA) is 68.0 Å². The number of nitrogens with one attached hydrogen (secondary N) is 1. The molecule has 3 N–H and O–H groups in total. The molecule has 0 unspecified atom stereocenters. The average Bonchev–Trinajstić information content (AvgIpc) is 2.43. The second kappa shape index (κ2) is 5.94. The molecule has 102 valence electrons. The lowest BCUT2D eigenvalue weighted by Crippen LogP contribution is -2.15. The van der Waals surface area contributed by atoms with Gasteiger partial charge in [0.1, 0.15) is 16.5 Å². The molecule has 0 aliphatic heterocycles. The maximum absolute atomic E-state index is 13.1. The Morgan fingerprint density at radius 3 is 2.70 bits per heavy atom. The number of nitrogens with zero attached hydrogens (tertiary/aromatic N) is 1. The Bertz CT molecular complexity index is 676. The summed E-state index contributed by atoms with van der Waals surface area (Å²) in [5, 5.41) is 2.71. The molecule has 0 aliphatic carbocycles. The Balaban J connectivity index is 2.19.